The molecule has 0 spiro atoms. The van der Waals surface area contributed by atoms with Crippen molar-refractivity contribution < 1.29 is 40.6 Å². The quantitative estimate of drug-likeness (QED) is 0.370. The molecule has 0 aliphatic carbocycles. The Labute approximate surface area is 156 Å². The van der Waals surface area contributed by atoms with Crippen molar-refractivity contribution in [1.29, 1.82) is 5.41 Å². The monoisotopic (exact) mass is 413 g/mol. The molecule has 28 heavy (non-hydrogen) atoms. The summed E-state index contributed by atoms with van der Waals surface area (Å²) in [7, 11) is 0. The van der Waals surface area contributed by atoms with Crippen molar-refractivity contribution >= 4 is 17.8 Å². The van der Waals surface area contributed by atoms with Crippen LogP contribution in [0.25, 0.3) is 0 Å². The summed E-state index contributed by atoms with van der Waals surface area (Å²) in [4.78, 5) is 16.0. The highest BCUT2D eigenvalue weighted by molar-refractivity contribution is 6.32. The molecule has 1 rings (SSSR count). The molecule has 0 aliphatic heterocycles. The van der Waals surface area contributed by atoms with Crippen molar-refractivity contribution in [3.63, 3.8) is 0 Å². The molecule has 0 saturated carbocycles. The molecule has 0 heterocycles. The average Bonchev–Trinajstić information content (AvgIpc) is 2.55. The Kier molecular flexibility index (Phi) is 8.41. The first kappa shape index (κ1) is 23.4. The van der Waals surface area contributed by atoms with Crippen LogP contribution in [0, 0.1) is 5.41 Å². The van der Waals surface area contributed by atoms with Gasteiger partial charge in [-0.05, 0) is 25.1 Å². The maximum Gasteiger partial charge on any atom is 0.573 e. The molecule has 1 amide bonds. The van der Waals surface area contributed by atoms with Crippen LogP contribution in [0.3, 0.4) is 0 Å². The minimum atomic E-state index is -4.91. The smallest absolute Gasteiger partial charge is 0.406 e. The van der Waals surface area contributed by atoms with Gasteiger partial charge >= 0.3 is 12.5 Å². The summed E-state index contributed by atoms with van der Waals surface area (Å²) in [6.45, 7) is -0.482. The molecule has 0 bridgehead atoms. The first-order valence-corrected chi connectivity index (χ1v) is 7.77. The number of carbonyl (C=O) groups is 1. The zero-order chi connectivity index (χ0) is 21.4. The summed E-state index contributed by atoms with van der Waals surface area (Å²) in [6, 6.07) is 3.56. The molecule has 0 saturated heterocycles. The highest BCUT2D eigenvalue weighted by atomic mass is 19.4. The summed E-state index contributed by atoms with van der Waals surface area (Å²) in [6.07, 6.45) is -8.56. The van der Waals surface area contributed by atoms with Crippen molar-refractivity contribution in [2.45, 2.75) is 25.5 Å². The Hall–Kier alpha value is -2.63. The van der Waals surface area contributed by atoms with Crippen LogP contribution in [-0.2, 0) is 4.74 Å². The summed E-state index contributed by atoms with van der Waals surface area (Å²) in [5.41, 5.74) is -0.0712. The number of carbonyl (C=O) groups excluding carboxylic acids is 1. The lowest BCUT2D eigenvalue weighted by Gasteiger charge is -2.15. The standard InChI is InChI=1S/C16H17F6N3O3/c1-10(13(8-23)24-5-6-27-9-15(17,18)19)25-14(26)11-3-2-4-12(7-11)28-16(20,21)22/h2-4,7-8,10,23H,5-6,9H2,1H3,(H,25,26). The number of hydrogen-bond donors (Lipinski definition) is 2. The molecule has 0 fully saturated rings. The van der Waals surface area contributed by atoms with E-state index in [1.165, 1.54) is 19.1 Å². The van der Waals surface area contributed by atoms with Crippen LogP contribution in [0.15, 0.2) is 29.3 Å². The highest BCUT2D eigenvalue weighted by Gasteiger charge is 2.31. The summed E-state index contributed by atoms with van der Waals surface area (Å²) < 4.78 is 80.7. The number of nitrogens with zero attached hydrogens (tertiary/aromatic N) is 1. The number of rotatable bonds is 9. The maximum atomic E-state index is 12.2. The van der Waals surface area contributed by atoms with E-state index in [1.807, 2.05) is 0 Å². The van der Waals surface area contributed by atoms with Gasteiger partial charge in [0, 0.05) is 11.8 Å². The topological polar surface area (TPSA) is 83.8 Å². The van der Waals surface area contributed by atoms with E-state index in [0.29, 0.717) is 0 Å². The number of ether oxygens (including phenoxy) is 2. The van der Waals surface area contributed by atoms with Gasteiger partial charge in [0.15, 0.2) is 0 Å². The van der Waals surface area contributed by atoms with Crippen LogP contribution in [0.2, 0.25) is 0 Å². The third-order valence-corrected chi connectivity index (χ3v) is 3.06. The summed E-state index contributed by atoms with van der Waals surface area (Å²) >= 11 is 0. The van der Waals surface area contributed by atoms with Crippen LogP contribution >= 0.6 is 0 Å². The molecule has 2 N–H and O–H groups in total. The Morgan fingerprint density at radius 3 is 2.54 bits per heavy atom. The van der Waals surface area contributed by atoms with Crippen molar-refractivity contribution in [3.05, 3.63) is 29.8 Å². The number of halogens is 6. The zero-order valence-corrected chi connectivity index (χ0v) is 14.5. The van der Waals surface area contributed by atoms with Crippen LogP contribution < -0.4 is 10.1 Å². The first-order valence-electron chi connectivity index (χ1n) is 7.77. The Bertz CT molecular complexity index is 704. The van der Waals surface area contributed by atoms with E-state index in [-0.39, 0.29) is 24.4 Å². The van der Waals surface area contributed by atoms with Gasteiger partial charge in [-0.1, -0.05) is 6.07 Å². The lowest BCUT2D eigenvalue weighted by Crippen LogP contribution is -2.39. The molecule has 1 aromatic carbocycles. The predicted molar refractivity (Wildman–Crippen MR) is 88.0 cm³/mol. The van der Waals surface area contributed by atoms with E-state index >= 15 is 0 Å². The predicted octanol–water partition coefficient (Wildman–Crippen LogP) is 3.37. The van der Waals surface area contributed by atoms with Gasteiger partial charge in [-0.25, -0.2) is 0 Å². The minimum Gasteiger partial charge on any atom is -0.406 e. The number of alkyl halides is 6. The lowest BCUT2D eigenvalue weighted by molar-refractivity contribution is -0.274. The molecule has 0 radical (unpaired) electrons. The third kappa shape index (κ3) is 9.35. The normalized spacial score (nSPS) is 13.8. The molecule has 156 valence electrons. The van der Waals surface area contributed by atoms with Crippen molar-refractivity contribution in [1.82, 2.24) is 5.32 Å². The molecule has 12 heteroatoms. The van der Waals surface area contributed by atoms with Gasteiger partial charge < -0.3 is 20.2 Å². The van der Waals surface area contributed by atoms with E-state index in [9.17, 15) is 31.1 Å². The van der Waals surface area contributed by atoms with Crippen LogP contribution in [0.1, 0.15) is 17.3 Å². The molecular weight excluding hydrogens is 396 g/mol. The van der Waals surface area contributed by atoms with E-state index < -0.39 is 36.8 Å². The molecular formula is C16H17F6N3O3. The van der Waals surface area contributed by atoms with Gasteiger partial charge in [-0.15, -0.1) is 13.2 Å². The minimum absolute atomic E-state index is 0.0478. The average molecular weight is 413 g/mol. The van der Waals surface area contributed by atoms with Crippen LogP contribution in [-0.4, -0.2) is 56.2 Å². The molecule has 1 aromatic rings. The Balaban J connectivity index is 2.65. The molecule has 1 atom stereocenters. The summed E-state index contributed by atoms with van der Waals surface area (Å²) in [5.74, 6) is -1.32. The fraction of sp³-hybridized carbons (Fsp3) is 0.438. The van der Waals surface area contributed by atoms with Crippen molar-refractivity contribution in [3.8, 4) is 5.75 Å². The number of aliphatic imine (C=N–C) groups is 1. The van der Waals surface area contributed by atoms with Gasteiger partial charge in [0.25, 0.3) is 5.91 Å². The van der Waals surface area contributed by atoms with Gasteiger partial charge in [-0.3, -0.25) is 9.79 Å². The van der Waals surface area contributed by atoms with E-state index in [4.69, 9.17) is 5.41 Å². The van der Waals surface area contributed by atoms with Gasteiger partial charge in [0.1, 0.15) is 12.4 Å². The second-order valence-electron chi connectivity index (χ2n) is 5.39. The largest absolute Gasteiger partial charge is 0.573 e. The summed E-state index contributed by atoms with van der Waals surface area (Å²) in [5, 5.41) is 9.70. The number of amides is 1. The van der Waals surface area contributed by atoms with Gasteiger partial charge in [0.2, 0.25) is 0 Å². The number of benzene rings is 1. The lowest BCUT2D eigenvalue weighted by atomic mass is 10.1. The van der Waals surface area contributed by atoms with Crippen LogP contribution in [0.4, 0.5) is 26.3 Å². The zero-order valence-electron chi connectivity index (χ0n) is 14.5. The second kappa shape index (κ2) is 10.1. The molecule has 0 aromatic heterocycles. The molecule has 0 aliphatic rings. The number of hydrogen-bond acceptors (Lipinski definition) is 5. The highest BCUT2D eigenvalue weighted by Crippen LogP contribution is 2.23. The van der Waals surface area contributed by atoms with Crippen LogP contribution in [0.5, 0.6) is 5.75 Å². The first-order chi connectivity index (χ1) is 12.9. The van der Waals surface area contributed by atoms with E-state index in [0.717, 1.165) is 18.3 Å². The Morgan fingerprint density at radius 1 is 1.29 bits per heavy atom. The molecule has 6 nitrogen and oxygen atoms in total. The fourth-order valence-corrected chi connectivity index (χ4v) is 1.92. The SMILES string of the molecule is CC(NC(=O)c1cccc(OC(F)(F)F)c1)C(C=N)=NCCOCC(F)(F)F. The van der Waals surface area contributed by atoms with E-state index in [1.54, 1.807) is 0 Å². The number of nitrogens with one attached hydrogen (secondary N) is 2. The molecule has 1 unspecified atom stereocenters. The van der Waals surface area contributed by atoms with Gasteiger partial charge in [-0.2, -0.15) is 13.2 Å². The van der Waals surface area contributed by atoms with Crippen molar-refractivity contribution in [2.24, 2.45) is 4.99 Å². The van der Waals surface area contributed by atoms with Gasteiger partial charge in [0.05, 0.1) is 24.9 Å². The fourth-order valence-electron chi connectivity index (χ4n) is 1.92. The second-order valence-corrected chi connectivity index (χ2v) is 5.39. The van der Waals surface area contributed by atoms with E-state index in [2.05, 4.69) is 19.8 Å². The maximum absolute atomic E-state index is 12.2. The van der Waals surface area contributed by atoms with Crippen molar-refractivity contribution in [2.75, 3.05) is 19.8 Å². The third-order valence-electron chi connectivity index (χ3n) is 3.06. The Morgan fingerprint density at radius 2 is 1.96 bits per heavy atom.